The predicted octanol–water partition coefficient (Wildman–Crippen LogP) is 0.628. The lowest BCUT2D eigenvalue weighted by Gasteiger charge is -2.07. The van der Waals surface area contributed by atoms with E-state index in [4.69, 9.17) is 0 Å². The minimum atomic E-state index is -0.0452. The molecule has 6 heteroatoms. The molecule has 0 bridgehead atoms. The summed E-state index contributed by atoms with van der Waals surface area (Å²) in [5, 5.41) is 10.3. The average Bonchev–Trinajstić information content (AvgIpc) is 2.32. The Hall–Kier alpha value is -1.01. The Balaban J connectivity index is 2.50. The van der Waals surface area contributed by atoms with Crippen LogP contribution in [0.1, 0.15) is 6.92 Å². The molecule has 0 aliphatic heterocycles. The topological polar surface area (TPSA) is 59.0 Å². The van der Waals surface area contributed by atoms with Crippen molar-refractivity contribution in [3.63, 3.8) is 0 Å². The van der Waals surface area contributed by atoms with Gasteiger partial charge in [0.1, 0.15) is 0 Å². The first-order chi connectivity index (χ1) is 8.27. The Bertz CT molecular complexity index is 380. The molecule has 96 valence electrons. The van der Waals surface area contributed by atoms with Crippen molar-refractivity contribution in [2.45, 2.75) is 13.5 Å². The molecule has 1 rings (SSSR count). The molecule has 0 aliphatic carbocycles. The molecular formula is C11H20N4OS. The Labute approximate surface area is 106 Å². The van der Waals surface area contributed by atoms with Crippen LogP contribution in [0.15, 0.2) is 17.1 Å². The van der Waals surface area contributed by atoms with Crippen molar-refractivity contribution in [3.8, 4) is 0 Å². The molecule has 1 aromatic heterocycles. The lowest BCUT2D eigenvalue weighted by atomic mass is 10.4. The van der Waals surface area contributed by atoms with Crippen molar-refractivity contribution in [1.82, 2.24) is 15.1 Å². The van der Waals surface area contributed by atoms with Gasteiger partial charge in [0.15, 0.2) is 0 Å². The second-order valence-corrected chi connectivity index (χ2v) is 4.93. The van der Waals surface area contributed by atoms with Gasteiger partial charge in [0.05, 0.1) is 18.4 Å². The normalized spacial score (nSPS) is 10.5. The monoisotopic (exact) mass is 256 g/mol. The smallest absolute Gasteiger partial charge is 0.268 e. The Morgan fingerprint density at radius 1 is 1.47 bits per heavy atom. The van der Waals surface area contributed by atoms with Crippen LogP contribution in [-0.2, 0) is 6.54 Å². The van der Waals surface area contributed by atoms with Crippen LogP contribution < -0.4 is 16.2 Å². The van der Waals surface area contributed by atoms with Crippen LogP contribution in [0.4, 0.5) is 5.69 Å². The number of aryl methyl sites for hydroxylation is 1. The fourth-order valence-electron chi connectivity index (χ4n) is 1.33. The summed E-state index contributed by atoms with van der Waals surface area (Å²) < 4.78 is 1.51. The van der Waals surface area contributed by atoms with Crippen molar-refractivity contribution in [2.24, 2.45) is 0 Å². The van der Waals surface area contributed by atoms with Crippen molar-refractivity contribution < 1.29 is 0 Å². The third kappa shape index (κ3) is 5.23. The zero-order valence-corrected chi connectivity index (χ0v) is 11.2. The van der Waals surface area contributed by atoms with Crippen LogP contribution in [0.2, 0.25) is 0 Å². The molecule has 0 aliphatic rings. The third-order valence-corrected chi connectivity index (χ3v) is 3.10. The molecule has 2 N–H and O–H groups in total. The zero-order chi connectivity index (χ0) is 12.5. The third-order valence-electron chi connectivity index (χ3n) is 2.23. The van der Waals surface area contributed by atoms with Crippen LogP contribution in [0.3, 0.4) is 0 Å². The van der Waals surface area contributed by atoms with Gasteiger partial charge in [-0.05, 0) is 12.8 Å². The van der Waals surface area contributed by atoms with E-state index >= 15 is 0 Å². The molecular weight excluding hydrogens is 236 g/mol. The number of anilines is 1. The van der Waals surface area contributed by atoms with Crippen LogP contribution in [0.25, 0.3) is 0 Å². The second kappa shape index (κ2) is 8.14. The first-order valence-corrected chi connectivity index (χ1v) is 6.96. The van der Waals surface area contributed by atoms with Gasteiger partial charge in [-0.2, -0.15) is 16.9 Å². The highest BCUT2D eigenvalue weighted by Gasteiger charge is 1.99. The quantitative estimate of drug-likeness (QED) is 0.668. The number of likely N-dealkylation sites (N-methyl/N-ethyl adjacent to an activating group) is 1. The average molecular weight is 256 g/mol. The van der Waals surface area contributed by atoms with E-state index in [1.807, 2.05) is 18.8 Å². The highest BCUT2D eigenvalue weighted by atomic mass is 32.2. The molecule has 0 amide bonds. The summed E-state index contributed by atoms with van der Waals surface area (Å²) >= 11 is 1.81. The lowest BCUT2D eigenvalue weighted by Crippen LogP contribution is -2.24. The van der Waals surface area contributed by atoms with Gasteiger partial charge < -0.3 is 10.6 Å². The molecule has 0 spiro atoms. The number of thioether (sulfide) groups is 1. The highest BCUT2D eigenvalue weighted by Crippen LogP contribution is 2.01. The fourth-order valence-corrected chi connectivity index (χ4v) is 1.92. The zero-order valence-electron chi connectivity index (χ0n) is 10.4. The van der Waals surface area contributed by atoms with Gasteiger partial charge in [-0.1, -0.05) is 6.92 Å². The predicted molar refractivity (Wildman–Crippen MR) is 73.9 cm³/mol. The minimum Gasteiger partial charge on any atom is -0.382 e. The summed E-state index contributed by atoms with van der Waals surface area (Å²) in [6.07, 6.45) is 1.70. The van der Waals surface area contributed by atoms with E-state index in [9.17, 15) is 4.79 Å². The largest absolute Gasteiger partial charge is 0.382 e. The maximum atomic E-state index is 11.7. The van der Waals surface area contributed by atoms with Gasteiger partial charge in [0.2, 0.25) is 0 Å². The molecule has 0 aromatic carbocycles. The summed E-state index contributed by atoms with van der Waals surface area (Å²) in [6, 6.07) is 1.60. The summed E-state index contributed by atoms with van der Waals surface area (Å²) in [5.74, 6) is 1.99. The van der Waals surface area contributed by atoms with E-state index in [2.05, 4.69) is 22.7 Å². The Kier molecular flexibility index (Phi) is 6.73. The number of nitrogens with zero attached hydrogens (tertiary/aromatic N) is 2. The minimum absolute atomic E-state index is 0.0452. The number of hydrogen-bond acceptors (Lipinski definition) is 5. The van der Waals surface area contributed by atoms with Crippen LogP contribution in [-0.4, -0.2) is 41.4 Å². The molecule has 5 nitrogen and oxygen atoms in total. The molecule has 1 heterocycles. The van der Waals surface area contributed by atoms with Gasteiger partial charge in [-0.25, -0.2) is 4.68 Å². The number of nitrogens with one attached hydrogen (secondary N) is 2. The van der Waals surface area contributed by atoms with Crippen molar-refractivity contribution >= 4 is 17.4 Å². The van der Waals surface area contributed by atoms with Crippen molar-refractivity contribution in [1.29, 1.82) is 0 Å². The Morgan fingerprint density at radius 2 is 2.29 bits per heavy atom. The van der Waals surface area contributed by atoms with E-state index < -0.39 is 0 Å². The SMILES string of the molecule is CCSCCn1ncc(NCCNC)cc1=O. The first kappa shape index (κ1) is 14.1. The van der Waals surface area contributed by atoms with Crippen LogP contribution in [0, 0.1) is 0 Å². The molecule has 0 radical (unpaired) electrons. The molecule has 0 atom stereocenters. The standard InChI is InChI=1S/C11H20N4OS/c1-3-17-7-6-15-11(16)8-10(9-14-15)13-5-4-12-2/h8-9,12-13H,3-7H2,1-2H3. The van der Waals surface area contributed by atoms with E-state index in [1.54, 1.807) is 12.3 Å². The molecule has 1 aromatic rings. The van der Waals surface area contributed by atoms with E-state index in [1.165, 1.54) is 4.68 Å². The molecule has 17 heavy (non-hydrogen) atoms. The van der Waals surface area contributed by atoms with Gasteiger partial charge in [-0.15, -0.1) is 0 Å². The van der Waals surface area contributed by atoms with Crippen molar-refractivity contribution in [3.05, 3.63) is 22.6 Å². The number of hydrogen-bond donors (Lipinski definition) is 2. The highest BCUT2D eigenvalue weighted by molar-refractivity contribution is 7.99. The van der Waals surface area contributed by atoms with Gasteiger partial charge in [0, 0.05) is 24.9 Å². The van der Waals surface area contributed by atoms with Crippen molar-refractivity contribution in [2.75, 3.05) is 37.0 Å². The Morgan fingerprint density at radius 3 is 2.94 bits per heavy atom. The van der Waals surface area contributed by atoms with E-state index in [0.717, 1.165) is 30.3 Å². The number of aromatic nitrogens is 2. The second-order valence-electron chi connectivity index (χ2n) is 3.53. The maximum absolute atomic E-state index is 11.7. The van der Waals surface area contributed by atoms with Crippen LogP contribution in [0.5, 0.6) is 0 Å². The lowest BCUT2D eigenvalue weighted by molar-refractivity contribution is 0.621. The summed E-state index contributed by atoms with van der Waals surface area (Å²) in [4.78, 5) is 11.7. The fraction of sp³-hybridized carbons (Fsp3) is 0.636. The first-order valence-electron chi connectivity index (χ1n) is 5.81. The summed E-state index contributed by atoms with van der Waals surface area (Å²) in [5.41, 5.74) is 0.737. The molecule has 0 unspecified atom stereocenters. The maximum Gasteiger partial charge on any atom is 0.268 e. The van der Waals surface area contributed by atoms with Gasteiger partial charge in [-0.3, -0.25) is 4.79 Å². The van der Waals surface area contributed by atoms with Gasteiger partial charge >= 0.3 is 0 Å². The summed E-state index contributed by atoms with van der Waals surface area (Å²) in [6.45, 7) is 4.42. The van der Waals surface area contributed by atoms with Gasteiger partial charge in [0.25, 0.3) is 5.56 Å². The van der Waals surface area contributed by atoms with E-state index in [0.29, 0.717) is 6.54 Å². The number of rotatable bonds is 8. The molecule has 0 fully saturated rings. The molecule has 0 saturated carbocycles. The van der Waals surface area contributed by atoms with Crippen LogP contribution >= 0.6 is 11.8 Å². The molecule has 0 saturated heterocycles. The van der Waals surface area contributed by atoms with E-state index in [-0.39, 0.29) is 5.56 Å². The summed E-state index contributed by atoms with van der Waals surface area (Å²) in [7, 11) is 1.89.